The van der Waals surface area contributed by atoms with E-state index < -0.39 is 17.5 Å². The van der Waals surface area contributed by atoms with Crippen molar-refractivity contribution >= 4 is 11.6 Å². The molecule has 1 aromatic carbocycles. The maximum Gasteiger partial charge on any atom is 0.259 e. The first kappa shape index (κ1) is 15.6. The van der Waals surface area contributed by atoms with Gasteiger partial charge in [-0.2, -0.15) is 0 Å². The monoisotopic (exact) mass is 318 g/mol. The molecule has 0 N–H and O–H groups in total. The largest absolute Gasteiger partial charge is 0.501 e. The molecule has 2 atom stereocenters. The third kappa shape index (κ3) is 2.05. The molecule has 1 spiro atoms. The first-order valence-corrected chi connectivity index (χ1v) is 7.22. The number of methoxy groups -OCH3 is 3. The van der Waals surface area contributed by atoms with Crippen molar-refractivity contribution in [3.05, 3.63) is 35.1 Å². The zero-order valence-electron chi connectivity index (χ0n) is 13.5. The normalized spacial score (nSPS) is 25.9. The van der Waals surface area contributed by atoms with Gasteiger partial charge in [-0.05, 0) is 18.6 Å². The highest BCUT2D eigenvalue weighted by molar-refractivity contribution is 6.25. The van der Waals surface area contributed by atoms with E-state index in [0.29, 0.717) is 28.4 Å². The van der Waals surface area contributed by atoms with Gasteiger partial charge >= 0.3 is 0 Å². The molecule has 0 amide bonds. The lowest BCUT2D eigenvalue weighted by atomic mass is 9.79. The third-order valence-corrected chi connectivity index (χ3v) is 4.39. The molecule has 0 aromatic heterocycles. The van der Waals surface area contributed by atoms with Crippen LogP contribution in [-0.2, 0) is 14.3 Å². The summed E-state index contributed by atoms with van der Waals surface area (Å²) in [7, 11) is 4.46. The maximum atomic E-state index is 13.0. The summed E-state index contributed by atoms with van der Waals surface area (Å²) in [5.41, 5.74) is -0.586. The van der Waals surface area contributed by atoms with Gasteiger partial charge in [-0.25, -0.2) is 0 Å². The lowest BCUT2D eigenvalue weighted by Gasteiger charge is -2.35. The number of ether oxygens (including phenoxy) is 4. The molecular formula is C17H18O6. The SMILES string of the molecule is COC1=CC(=O)C2(Oc3cc(OC)cc(C)c3C2=O)C(OC)C1. The van der Waals surface area contributed by atoms with Gasteiger partial charge in [0, 0.05) is 25.7 Å². The molecule has 23 heavy (non-hydrogen) atoms. The zero-order chi connectivity index (χ0) is 16.8. The van der Waals surface area contributed by atoms with E-state index in [1.54, 1.807) is 19.1 Å². The summed E-state index contributed by atoms with van der Waals surface area (Å²) in [4.78, 5) is 25.7. The molecule has 0 bridgehead atoms. The number of aryl methyl sites for hydroxylation is 1. The number of carbonyl (C=O) groups excluding carboxylic acids is 2. The first-order valence-electron chi connectivity index (χ1n) is 7.22. The van der Waals surface area contributed by atoms with Crippen molar-refractivity contribution in [2.45, 2.75) is 25.0 Å². The van der Waals surface area contributed by atoms with Crippen LogP contribution in [0.5, 0.6) is 11.5 Å². The molecule has 0 saturated carbocycles. The lowest BCUT2D eigenvalue weighted by Crippen LogP contribution is -2.59. The Kier molecular flexibility index (Phi) is 3.64. The predicted octanol–water partition coefficient (Wildman–Crippen LogP) is 1.84. The molecule has 6 heteroatoms. The summed E-state index contributed by atoms with van der Waals surface area (Å²) >= 11 is 0. The predicted molar refractivity (Wildman–Crippen MR) is 80.9 cm³/mol. The average Bonchev–Trinajstić information content (AvgIpc) is 2.84. The highest BCUT2D eigenvalue weighted by atomic mass is 16.6. The molecule has 0 radical (unpaired) electrons. The van der Waals surface area contributed by atoms with Gasteiger partial charge in [0.2, 0.25) is 11.6 Å². The van der Waals surface area contributed by atoms with Gasteiger partial charge in [0.15, 0.2) is 0 Å². The first-order chi connectivity index (χ1) is 11.0. The molecule has 2 aliphatic rings. The third-order valence-electron chi connectivity index (χ3n) is 4.39. The van der Waals surface area contributed by atoms with Crippen LogP contribution in [0.3, 0.4) is 0 Å². The van der Waals surface area contributed by atoms with E-state index in [0.717, 1.165) is 0 Å². The Labute approximate surface area is 134 Å². The molecule has 6 nitrogen and oxygen atoms in total. The minimum atomic E-state index is -1.68. The molecule has 0 fully saturated rings. The van der Waals surface area contributed by atoms with Gasteiger partial charge in [0.25, 0.3) is 5.60 Å². The van der Waals surface area contributed by atoms with Crippen molar-refractivity contribution in [1.29, 1.82) is 0 Å². The smallest absolute Gasteiger partial charge is 0.259 e. The van der Waals surface area contributed by atoms with Crippen LogP contribution in [-0.4, -0.2) is 44.6 Å². The Morgan fingerprint density at radius 2 is 1.91 bits per heavy atom. The summed E-state index contributed by atoms with van der Waals surface area (Å²) in [6, 6.07) is 3.36. The second-order valence-electron chi connectivity index (χ2n) is 5.59. The Bertz CT molecular complexity index is 720. The summed E-state index contributed by atoms with van der Waals surface area (Å²) in [5, 5.41) is 0. The highest BCUT2D eigenvalue weighted by Crippen LogP contribution is 2.45. The number of benzene rings is 1. The van der Waals surface area contributed by atoms with E-state index in [1.807, 2.05) is 0 Å². The molecular weight excluding hydrogens is 300 g/mol. The van der Waals surface area contributed by atoms with Gasteiger partial charge in [0.05, 0.1) is 19.8 Å². The van der Waals surface area contributed by atoms with Gasteiger partial charge in [-0.15, -0.1) is 0 Å². The van der Waals surface area contributed by atoms with Crippen molar-refractivity contribution in [2.75, 3.05) is 21.3 Å². The van der Waals surface area contributed by atoms with E-state index in [-0.39, 0.29) is 12.2 Å². The maximum absolute atomic E-state index is 13.0. The topological polar surface area (TPSA) is 71.1 Å². The average molecular weight is 318 g/mol. The number of fused-ring (bicyclic) bond motifs is 1. The van der Waals surface area contributed by atoms with Crippen LogP contribution in [0.1, 0.15) is 22.3 Å². The molecule has 1 heterocycles. The van der Waals surface area contributed by atoms with Crippen LogP contribution in [0.2, 0.25) is 0 Å². The second kappa shape index (κ2) is 5.38. The molecule has 1 aliphatic heterocycles. The molecule has 1 aromatic rings. The van der Waals surface area contributed by atoms with Crippen LogP contribution in [0.4, 0.5) is 0 Å². The van der Waals surface area contributed by atoms with Crippen LogP contribution in [0, 0.1) is 6.92 Å². The number of hydrogen-bond donors (Lipinski definition) is 0. The fraction of sp³-hybridized carbons (Fsp3) is 0.412. The minimum absolute atomic E-state index is 0.286. The van der Waals surface area contributed by atoms with Crippen LogP contribution in [0.15, 0.2) is 24.0 Å². The number of Topliss-reactive ketones (excluding diaryl/α,β-unsaturated/α-hetero) is 1. The highest BCUT2D eigenvalue weighted by Gasteiger charge is 2.61. The van der Waals surface area contributed by atoms with Gasteiger partial charge in [-0.1, -0.05) is 0 Å². The zero-order valence-corrected chi connectivity index (χ0v) is 13.5. The fourth-order valence-electron chi connectivity index (χ4n) is 3.18. The molecule has 0 saturated heterocycles. The molecule has 2 unspecified atom stereocenters. The van der Waals surface area contributed by atoms with Crippen molar-refractivity contribution in [3.63, 3.8) is 0 Å². The Morgan fingerprint density at radius 3 is 2.52 bits per heavy atom. The van der Waals surface area contributed by atoms with Crippen molar-refractivity contribution < 1.29 is 28.5 Å². The number of rotatable bonds is 3. The summed E-state index contributed by atoms with van der Waals surface area (Å²) in [6.07, 6.45) is 0.848. The summed E-state index contributed by atoms with van der Waals surface area (Å²) in [5.74, 6) is 0.532. The van der Waals surface area contributed by atoms with Crippen LogP contribution >= 0.6 is 0 Å². The van der Waals surface area contributed by atoms with E-state index >= 15 is 0 Å². The van der Waals surface area contributed by atoms with E-state index in [1.165, 1.54) is 27.4 Å². The Morgan fingerprint density at radius 1 is 1.17 bits per heavy atom. The van der Waals surface area contributed by atoms with Crippen LogP contribution in [0.25, 0.3) is 0 Å². The van der Waals surface area contributed by atoms with Gasteiger partial charge < -0.3 is 18.9 Å². The number of ketones is 2. The quantitative estimate of drug-likeness (QED) is 0.792. The molecule has 1 aliphatic carbocycles. The summed E-state index contributed by atoms with van der Waals surface area (Å²) in [6.45, 7) is 1.78. The minimum Gasteiger partial charge on any atom is -0.501 e. The second-order valence-corrected chi connectivity index (χ2v) is 5.59. The molecule has 122 valence electrons. The van der Waals surface area contributed by atoms with Crippen molar-refractivity contribution in [1.82, 2.24) is 0 Å². The number of hydrogen-bond acceptors (Lipinski definition) is 6. The standard InChI is InChI=1S/C17H18O6/c1-9-5-10(20-2)6-12-15(9)16(19)17(23-12)13(18)7-11(21-3)8-14(17)22-4/h5-7,14H,8H2,1-4H3. The van der Waals surface area contributed by atoms with E-state index in [9.17, 15) is 9.59 Å². The van der Waals surface area contributed by atoms with Crippen molar-refractivity contribution in [3.8, 4) is 11.5 Å². The number of carbonyl (C=O) groups is 2. The van der Waals surface area contributed by atoms with E-state index in [2.05, 4.69) is 0 Å². The van der Waals surface area contributed by atoms with E-state index in [4.69, 9.17) is 18.9 Å². The van der Waals surface area contributed by atoms with Crippen LogP contribution < -0.4 is 9.47 Å². The summed E-state index contributed by atoms with van der Waals surface area (Å²) < 4.78 is 21.6. The molecule has 3 rings (SSSR count). The lowest BCUT2D eigenvalue weighted by molar-refractivity contribution is -0.137. The fourth-order valence-corrected chi connectivity index (χ4v) is 3.18. The van der Waals surface area contributed by atoms with Crippen molar-refractivity contribution in [2.24, 2.45) is 0 Å². The Hall–Kier alpha value is -2.34. The Balaban J connectivity index is 2.14. The van der Waals surface area contributed by atoms with Gasteiger partial charge in [0.1, 0.15) is 23.4 Å². The van der Waals surface area contributed by atoms with Gasteiger partial charge in [-0.3, -0.25) is 9.59 Å².